The highest BCUT2D eigenvalue weighted by atomic mass is 16.5. The molecule has 1 aliphatic rings. The number of hydrogen-bond donors (Lipinski definition) is 3. The van der Waals surface area contributed by atoms with Crippen LogP contribution in [-0.2, 0) is 17.6 Å². The molecule has 0 fully saturated rings. The Labute approximate surface area is 122 Å². The quantitative estimate of drug-likeness (QED) is 0.786. The average Bonchev–Trinajstić information content (AvgIpc) is 3.07. The van der Waals surface area contributed by atoms with Crippen LogP contribution >= 0.6 is 0 Å². The Hall–Kier alpha value is -2.15. The molecule has 0 radical (unpaired) electrons. The van der Waals surface area contributed by atoms with Crippen LogP contribution in [0.25, 0.3) is 0 Å². The van der Waals surface area contributed by atoms with Crippen LogP contribution in [0.3, 0.4) is 0 Å². The lowest BCUT2D eigenvalue weighted by Gasteiger charge is -2.25. The number of aromatic amines is 2. The molecule has 0 aromatic carbocycles. The number of ether oxygens (including phenoxy) is 1. The molecule has 112 valence electrons. The number of nitrogens with zero attached hydrogens (tertiary/aromatic N) is 2. The van der Waals surface area contributed by atoms with E-state index in [1.807, 2.05) is 13.8 Å². The Morgan fingerprint density at radius 1 is 1.52 bits per heavy atom. The van der Waals surface area contributed by atoms with E-state index < -0.39 is 0 Å². The SMILES string of the molecule is C[C@@H]1Cc2c(C(=O)NCCc3ncc[nH]3)n[nH]c2[C@H](C)O1. The van der Waals surface area contributed by atoms with Gasteiger partial charge in [-0.3, -0.25) is 9.89 Å². The molecule has 21 heavy (non-hydrogen) atoms. The van der Waals surface area contributed by atoms with E-state index in [1.54, 1.807) is 12.4 Å². The zero-order chi connectivity index (χ0) is 14.8. The minimum Gasteiger partial charge on any atom is -0.369 e. The summed E-state index contributed by atoms with van der Waals surface area (Å²) in [5.74, 6) is 0.704. The Kier molecular flexibility index (Phi) is 3.74. The maximum atomic E-state index is 12.3. The monoisotopic (exact) mass is 289 g/mol. The molecule has 0 aliphatic carbocycles. The van der Waals surface area contributed by atoms with Crippen molar-refractivity contribution in [3.05, 3.63) is 35.2 Å². The first-order valence-corrected chi connectivity index (χ1v) is 7.14. The number of aromatic nitrogens is 4. The van der Waals surface area contributed by atoms with Crippen molar-refractivity contribution in [2.45, 2.75) is 38.9 Å². The molecule has 2 aromatic rings. The van der Waals surface area contributed by atoms with Gasteiger partial charge in [0.25, 0.3) is 5.91 Å². The van der Waals surface area contributed by atoms with Gasteiger partial charge in [0.05, 0.1) is 17.9 Å². The molecular formula is C14H19N5O2. The zero-order valence-electron chi connectivity index (χ0n) is 12.1. The normalized spacial score (nSPS) is 21.0. The fourth-order valence-electron chi connectivity index (χ4n) is 2.67. The summed E-state index contributed by atoms with van der Waals surface area (Å²) in [5, 5.41) is 9.97. The molecule has 0 spiro atoms. The number of nitrogens with one attached hydrogen (secondary N) is 3. The third kappa shape index (κ3) is 2.82. The van der Waals surface area contributed by atoms with Crippen LogP contribution in [0.4, 0.5) is 0 Å². The molecule has 3 heterocycles. The van der Waals surface area contributed by atoms with Gasteiger partial charge in [0.15, 0.2) is 5.69 Å². The van der Waals surface area contributed by atoms with Crippen LogP contribution < -0.4 is 5.32 Å². The third-order valence-electron chi connectivity index (χ3n) is 3.65. The highest BCUT2D eigenvalue weighted by molar-refractivity contribution is 5.94. The van der Waals surface area contributed by atoms with Crippen LogP contribution in [0.2, 0.25) is 0 Å². The standard InChI is InChI=1S/C14H19N5O2/c1-8-7-10-12(9(2)21-8)18-19-13(10)14(20)17-4-3-11-15-5-6-16-11/h5-6,8-9H,3-4,7H2,1-2H3,(H,15,16)(H,17,20)(H,18,19)/t8-,9+/m1/s1. The number of carbonyl (C=O) groups is 1. The topological polar surface area (TPSA) is 95.7 Å². The number of rotatable bonds is 4. The second-order valence-electron chi connectivity index (χ2n) is 5.30. The van der Waals surface area contributed by atoms with Crippen molar-refractivity contribution < 1.29 is 9.53 Å². The van der Waals surface area contributed by atoms with Crippen LogP contribution in [-0.4, -0.2) is 38.7 Å². The smallest absolute Gasteiger partial charge is 0.272 e. The number of H-pyrrole nitrogens is 2. The largest absolute Gasteiger partial charge is 0.369 e. The van der Waals surface area contributed by atoms with E-state index in [2.05, 4.69) is 25.5 Å². The van der Waals surface area contributed by atoms with E-state index in [4.69, 9.17) is 4.74 Å². The van der Waals surface area contributed by atoms with Gasteiger partial charge in [-0.05, 0) is 13.8 Å². The van der Waals surface area contributed by atoms with Crippen molar-refractivity contribution in [3.8, 4) is 0 Å². The minimum absolute atomic E-state index is 0.0547. The Morgan fingerprint density at radius 3 is 3.14 bits per heavy atom. The first-order valence-electron chi connectivity index (χ1n) is 7.14. The molecule has 0 bridgehead atoms. The van der Waals surface area contributed by atoms with Gasteiger partial charge in [-0.15, -0.1) is 0 Å². The molecule has 0 unspecified atom stereocenters. The molecule has 7 heteroatoms. The van der Waals surface area contributed by atoms with Crippen molar-refractivity contribution >= 4 is 5.91 Å². The van der Waals surface area contributed by atoms with Gasteiger partial charge in [0.1, 0.15) is 5.82 Å². The van der Waals surface area contributed by atoms with Crippen molar-refractivity contribution in [3.63, 3.8) is 0 Å². The first kappa shape index (κ1) is 13.8. The summed E-state index contributed by atoms with van der Waals surface area (Å²) in [4.78, 5) is 19.4. The average molecular weight is 289 g/mol. The fraction of sp³-hybridized carbons (Fsp3) is 0.500. The van der Waals surface area contributed by atoms with Gasteiger partial charge in [-0.25, -0.2) is 4.98 Å². The van der Waals surface area contributed by atoms with Crippen LogP contribution in [0.1, 0.15) is 47.5 Å². The Balaban J connectivity index is 1.65. The molecular weight excluding hydrogens is 270 g/mol. The van der Waals surface area contributed by atoms with Crippen LogP contribution in [0.5, 0.6) is 0 Å². The highest BCUT2D eigenvalue weighted by Crippen LogP contribution is 2.29. The maximum absolute atomic E-state index is 12.3. The predicted molar refractivity (Wildman–Crippen MR) is 75.9 cm³/mol. The number of fused-ring (bicyclic) bond motifs is 1. The minimum atomic E-state index is -0.152. The van der Waals surface area contributed by atoms with E-state index in [1.165, 1.54) is 0 Å². The van der Waals surface area contributed by atoms with Crippen molar-refractivity contribution in [1.82, 2.24) is 25.5 Å². The zero-order valence-corrected chi connectivity index (χ0v) is 12.1. The molecule has 1 aliphatic heterocycles. The summed E-state index contributed by atoms with van der Waals surface area (Å²) < 4.78 is 5.72. The van der Waals surface area contributed by atoms with Gasteiger partial charge in [0.2, 0.25) is 0 Å². The molecule has 2 atom stereocenters. The number of imidazole rings is 1. The highest BCUT2D eigenvalue weighted by Gasteiger charge is 2.29. The van der Waals surface area contributed by atoms with Crippen molar-refractivity contribution in [2.75, 3.05) is 6.54 Å². The maximum Gasteiger partial charge on any atom is 0.272 e. The van der Waals surface area contributed by atoms with Gasteiger partial charge in [0, 0.05) is 37.3 Å². The van der Waals surface area contributed by atoms with Gasteiger partial charge in [-0.1, -0.05) is 0 Å². The number of hydrogen-bond acceptors (Lipinski definition) is 4. The molecule has 7 nitrogen and oxygen atoms in total. The summed E-state index contributed by atoms with van der Waals surface area (Å²) in [6.07, 6.45) is 4.88. The second-order valence-corrected chi connectivity index (χ2v) is 5.30. The summed E-state index contributed by atoms with van der Waals surface area (Å²) in [6, 6.07) is 0. The summed E-state index contributed by atoms with van der Waals surface area (Å²) >= 11 is 0. The fourth-order valence-corrected chi connectivity index (χ4v) is 2.67. The first-order chi connectivity index (χ1) is 10.1. The van der Waals surface area contributed by atoms with Crippen LogP contribution in [0.15, 0.2) is 12.4 Å². The van der Waals surface area contributed by atoms with Crippen molar-refractivity contribution in [2.24, 2.45) is 0 Å². The summed E-state index contributed by atoms with van der Waals surface area (Å²) in [6.45, 7) is 4.49. The predicted octanol–water partition coefficient (Wildman–Crippen LogP) is 1.13. The van der Waals surface area contributed by atoms with E-state index in [0.717, 1.165) is 17.1 Å². The molecule has 1 amide bonds. The van der Waals surface area contributed by atoms with Crippen molar-refractivity contribution in [1.29, 1.82) is 0 Å². The van der Waals surface area contributed by atoms with Gasteiger partial charge in [-0.2, -0.15) is 5.10 Å². The summed E-state index contributed by atoms with van der Waals surface area (Å²) in [7, 11) is 0. The molecule has 3 rings (SSSR count). The van der Waals surface area contributed by atoms with E-state index >= 15 is 0 Å². The number of carbonyl (C=O) groups excluding carboxylic acids is 1. The van der Waals surface area contributed by atoms with E-state index in [9.17, 15) is 4.79 Å². The Bertz CT molecular complexity index is 619. The van der Waals surface area contributed by atoms with Crippen LogP contribution in [0, 0.1) is 0 Å². The van der Waals surface area contributed by atoms with E-state index in [0.29, 0.717) is 25.1 Å². The lowest BCUT2D eigenvalue weighted by molar-refractivity contribution is -0.00697. The van der Waals surface area contributed by atoms with Gasteiger partial charge < -0.3 is 15.0 Å². The number of amides is 1. The molecule has 0 saturated carbocycles. The third-order valence-corrected chi connectivity index (χ3v) is 3.65. The lowest BCUT2D eigenvalue weighted by Crippen LogP contribution is -2.29. The van der Waals surface area contributed by atoms with Gasteiger partial charge >= 0.3 is 0 Å². The molecule has 0 saturated heterocycles. The lowest BCUT2D eigenvalue weighted by atomic mass is 9.99. The Morgan fingerprint density at radius 2 is 2.38 bits per heavy atom. The second kappa shape index (κ2) is 5.69. The molecule has 2 aromatic heterocycles. The summed E-state index contributed by atoms with van der Waals surface area (Å²) in [5.41, 5.74) is 2.35. The van der Waals surface area contributed by atoms with E-state index in [-0.39, 0.29) is 18.1 Å². The molecule has 3 N–H and O–H groups in total.